The second kappa shape index (κ2) is 30.1. The molecule has 78 heavy (non-hydrogen) atoms. The van der Waals surface area contributed by atoms with Gasteiger partial charge in [0.1, 0.15) is 5.56 Å². The van der Waals surface area contributed by atoms with Crippen LogP contribution in [0.2, 0.25) is 0 Å². The minimum absolute atomic E-state index is 0.152. The van der Waals surface area contributed by atoms with Gasteiger partial charge in [-0.05, 0) is 6.42 Å². The van der Waals surface area contributed by atoms with Crippen LogP contribution >= 0.6 is 11.6 Å². The van der Waals surface area contributed by atoms with Crippen LogP contribution < -0.4 is 14.6 Å². The van der Waals surface area contributed by atoms with Crippen molar-refractivity contribution < 1.29 is 102 Å². The molecule has 6 aromatic rings. The summed E-state index contributed by atoms with van der Waals surface area (Å²) in [6.07, 6.45) is 1.77. The number of carbonyl (C=O) groups is 3. The van der Waals surface area contributed by atoms with Crippen LogP contribution in [-0.4, -0.2) is 144 Å². The van der Waals surface area contributed by atoms with Crippen LogP contribution in [0, 0.1) is 80.6 Å². The molecule has 0 saturated carbocycles. The molecule has 0 amide bonds. The zero-order chi connectivity index (χ0) is 58.2. The van der Waals surface area contributed by atoms with Crippen molar-refractivity contribution in [3.63, 3.8) is 0 Å². The molecule has 0 unspecified atom stereocenters. The molecule has 11 nitrogen and oxygen atoms in total. The number of carbonyl (C=O) groups excluding carboxylic acids is 2. The Hall–Kier alpha value is -4.85. The molecule has 6 aromatic carbocycles. The number of rotatable bonds is 12. The molecular weight excluding hydrogens is 1680 g/mol. The van der Waals surface area contributed by atoms with Crippen molar-refractivity contribution >= 4 is 111 Å². The van der Waals surface area contributed by atoms with Gasteiger partial charge in [0.25, 0.3) is 0 Å². The summed E-state index contributed by atoms with van der Waals surface area (Å²) >= 11 is 3.25. The molecule has 2 aliphatic rings. The van der Waals surface area contributed by atoms with Crippen LogP contribution in [0.15, 0.2) is 91.0 Å². The van der Waals surface area contributed by atoms with Gasteiger partial charge in [0.15, 0.2) is 17.4 Å². The molecule has 0 bridgehead atoms. The zero-order valence-electron chi connectivity index (χ0n) is 40.3. The van der Waals surface area contributed by atoms with E-state index >= 15 is 0 Å². The molecule has 2 saturated heterocycles. The summed E-state index contributed by atoms with van der Waals surface area (Å²) in [4.78, 5) is 32.2. The Morgan fingerprint density at radius 2 is 0.808 bits per heavy atom. The second-order valence-corrected chi connectivity index (χ2v) is 26.9. The van der Waals surface area contributed by atoms with Crippen molar-refractivity contribution in [3.8, 4) is 17.2 Å². The second-order valence-electron chi connectivity index (χ2n) is 16.5. The Kier molecular flexibility index (Phi) is 25.3. The molecule has 27 heteroatoms. The standard InChI is InChI=1S/C13H12F4O4.2C7H2F4O3.C6H11ClO.3C6H5.3Bi.2H/c1-2-13(3-20-4-13)5-21-11-9(16)7(14)6(12(18)19)8(15)10(11)17;2*8-2-1(7(13)14)3(9)5(11)6(12)4(2)10;1-2-6(3-7)4-8-5-6;3*1-2-4-6-5-3-1;;;;;/h2-5H2,1H3,(H,18,19);2*12H,(H,13,14);2-5H2,1H3;3*1-5H;;;;;/q;;;;;;;;2*+1;;/p-2. The topological polar surface area (TPSA) is 158 Å². The number of aromatic carboxylic acids is 1. The van der Waals surface area contributed by atoms with Gasteiger partial charge in [-0.2, -0.15) is 8.78 Å². The summed E-state index contributed by atoms with van der Waals surface area (Å²) < 4.78 is 185. The van der Waals surface area contributed by atoms with Crippen LogP contribution in [0.3, 0.4) is 0 Å². The van der Waals surface area contributed by atoms with Crippen molar-refractivity contribution in [3.05, 3.63) is 177 Å². The third kappa shape index (κ3) is 15.5. The Balaban J connectivity index is 0.000000217. The van der Waals surface area contributed by atoms with E-state index < -0.39 is 149 Å². The molecule has 8 rings (SSSR count). The number of alkyl halides is 1. The predicted octanol–water partition coefficient (Wildman–Crippen LogP) is 8.44. The maximum absolute atomic E-state index is 13.9. The fraction of sp³-hybridized carbons (Fsp3) is 0.235. The summed E-state index contributed by atoms with van der Waals surface area (Å²) in [6.45, 7) is 6.25. The van der Waals surface area contributed by atoms with E-state index in [0.717, 1.165) is 25.5 Å². The van der Waals surface area contributed by atoms with Gasteiger partial charge in [0.05, 0.1) is 13.2 Å². The zero-order valence-corrected chi connectivity index (χ0v) is 52.3. The molecule has 0 aliphatic carbocycles. The number of hydrogen-bond acceptors (Lipinski definition) is 10. The monoisotopic (exact) mass is 1720 g/mol. The molecule has 0 atom stereocenters. The average molecular weight is 1720 g/mol. The van der Waals surface area contributed by atoms with E-state index in [0.29, 0.717) is 25.0 Å². The fourth-order valence-electron chi connectivity index (χ4n) is 6.58. The van der Waals surface area contributed by atoms with E-state index in [1.807, 2.05) is 6.92 Å². The number of aromatic hydroxyl groups is 2. The Labute approximate surface area is 481 Å². The van der Waals surface area contributed by atoms with Crippen molar-refractivity contribution in [2.75, 3.05) is 38.9 Å². The van der Waals surface area contributed by atoms with E-state index in [4.69, 9.17) is 41.1 Å². The molecule has 2 fully saturated rings. The minimum atomic E-state index is -2.17. The van der Waals surface area contributed by atoms with Crippen molar-refractivity contribution in [2.24, 2.45) is 10.8 Å². The van der Waals surface area contributed by atoms with Crippen LogP contribution in [0.4, 0.5) is 52.7 Å². The predicted molar refractivity (Wildman–Crippen MR) is 262 cm³/mol. The Bertz CT molecular complexity index is 2860. The number of halogens is 13. The van der Waals surface area contributed by atoms with Crippen molar-refractivity contribution in [2.45, 2.75) is 26.7 Å². The first-order chi connectivity index (χ1) is 36.9. The van der Waals surface area contributed by atoms with E-state index in [1.165, 1.54) is 9.81 Å². The first-order valence-electron chi connectivity index (χ1n) is 22.2. The summed E-state index contributed by atoms with van der Waals surface area (Å²) in [5, 5.41) is 25.2. The first-order valence-corrected chi connectivity index (χ1v) is 31.1. The number of hydrogen-bond donors (Lipinski definition) is 3. The molecule has 418 valence electrons. The summed E-state index contributed by atoms with van der Waals surface area (Å²) in [5.41, 5.74) is -4.75. The third-order valence-electron chi connectivity index (χ3n) is 11.5. The molecule has 2 heterocycles. The molecule has 3 N–H and O–H groups in total. The van der Waals surface area contributed by atoms with Gasteiger partial charge in [-0.3, -0.25) is 0 Å². The van der Waals surface area contributed by atoms with Gasteiger partial charge in [0, 0.05) is 11.3 Å². The van der Waals surface area contributed by atoms with Crippen LogP contribution in [0.5, 0.6) is 17.2 Å². The first kappa shape index (κ1) is 65.7. The number of carboxylic acids is 1. The van der Waals surface area contributed by atoms with Gasteiger partial charge in [-0.1, -0.05) is 6.92 Å². The number of phenolic OH excluding ortho intramolecular Hbond substituents is 2. The van der Waals surface area contributed by atoms with Crippen LogP contribution in [-0.2, 0) is 15.1 Å². The summed E-state index contributed by atoms with van der Waals surface area (Å²) in [7, 11) is 0. The molecule has 2 radical (unpaired) electrons. The Morgan fingerprint density at radius 3 is 1.04 bits per heavy atom. The number of phenols is 2. The molecule has 2 aliphatic heterocycles. The van der Waals surface area contributed by atoms with Gasteiger partial charge >= 0.3 is 363 Å². The number of ether oxygens (including phenoxy) is 3. The van der Waals surface area contributed by atoms with E-state index in [9.17, 15) is 67.1 Å². The third-order valence-corrected chi connectivity index (χ3v) is 23.0. The SMILES string of the molecule is CCC1(CCl)COC1.CCC1(COc2c(F)c(F)c(C(=O)[O][BiH])c(F)c2F)COC1.O=C(O)c1c(F)c(F)c(O)c(F)c1F.O=C([O][BiH])c1c(F)c(F)c(O)c(F)c1F.c1cc[c]([Bi]([c]2ccccc2)[c]2ccccc2)cc1. The normalized spacial score (nSPS) is 13.5. The average Bonchev–Trinajstić information content (AvgIpc) is 3.45. The van der Waals surface area contributed by atoms with Gasteiger partial charge in [-0.25, -0.2) is 13.6 Å². The number of benzene rings is 6. The summed E-state index contributed by atoms with van der Waals surface area (Å²) in [5.74, 6) is -33.0. The van der Waals surface area contributed by atoms with Crippen LogP contribution in [0.25, 0.3) is 0 Å². The van der Waals surface area contributed by atoms with Gasteiger partial charge < -0.3 is 14.9 Å². The fourth-order valence-corrected chi connectivity index (χ4v) is 16.7. The van der Waals surface area contributed by atoms with Crippen LogP contribution in [0.1, 0.15) is 57.8 Å². The molecule has 0 spiro atoms. The molecular formula is C51H42Bi3ClF12O11. The Morgan fingerprint density at radius 1 is 0.513 bits per heavy atom. The molecule has 0 aromatic heterocycles. The van der Waals surface area contributed by atoms with Gasteiger partial charge in [0.2, 0.25) is 11.6 Å². The summed E-state index contributed by atoms with van der Waals surface area (Å²) in [6, 6.07) is 33.0. The van der Waals surface area contributed by atoms with Crippen molar-refractivity contribution in [1.29, 1.82) is 0 Å². The van der Waals surface area contributed by atoms with E-state index in [1.54, 1.807) is 0 Å². The quantitative estimate of drug-likeness (QED) is 0.0468. The van der Waals surface area contributed by atoms with Crippen molar-refractivity contribution in [1.82, 2.24) is 0 Å². The van der Waals surface area contributed by atoms with E-state index in [2.05, 4.69) is 104 Å². The number of carboxylic acid groups (broad SMARTS) is 1. The maximum atomic E-state index is 13.9. The van der Waals surface area contributed by atoms with E-state index in [-0.39, 0.29) is 56.9 Å². The van der Waals surface area contributed by atoms with Gasteiger partial charge in [-0.15, -0.1) is 11.6 Å².